The van der Waals surface area contributed by atoms with Gasteiger partial charge in [0.05, 0.1) is 0 Å². The van der Waals surface area contributed by atoms with Gasteiger partial charge in [0.25, 0.3) is 0 Å². The van der Waals surface area contributed by atoms with Crippen molar-refractivity contribution >= 4 is 28.1 Å². The summed E-state index contributed by atoms with van der Waals surface area (Å²) in [6.45, 7) is 13.0. The number of hydrogen-bond donors (Lipinski definition) is 0. The van der Waals surface area contributed by atoms with Gasteiger partial charge in [-0.2, -0.15) is 0 Å². The van der Waals surface area contributed by atoms with E-state index in [1.165, 1.54) is 7.22 Å². The first-order valence-electron chi connectivity index (χ1n) is 13.7. The fourth-order valence-electron chi connectivity index (χ4n) is 4.07. The van der Waals surface area contributed by atoms with Gasteiger partial charge in [0.2, 0.25) is 0 Å². The van der Waals surface area contributed by atoms with Gasteiger partial charge in [0, 0.05) is 0 Å². The molecule has 4 nitrogen and oxygen atoms in total. The first-order chi connectivity index (χ1) is 19.1. The van der Waals surface area contributed by atoms with Gasteiger partial charge in [-0.3, -0.25) is 0 Å². The zero-order chi connectivity index (χ0) is 28.0. The van der Waals surface area contributed by atoms with Gasteiger partial charge in [-0.1, -0.05) is 13.8 Å². The van der Waals surface area contributed by atoms with E-state index in [-0.39, 0.29) is 12.6 Å². The minimum atomic E-state index is -0.667. The number of benzene rings is 4. The molecule has 39 heavy (non-hydrogen) atoms. The van der Waals surface area contributed by atoms with E-state index < -0.39 is 20.9 Å². The standard InChI is InChI=1S/C32H34O4Te.C2H6/c1-5-33-23(3)35-31-19-17-27(21-29(31)25-13-9-7-10-14-25)37-28-18-20-32(36-24(4)34-6-2)30(22-28)26-15-11-8-12-16-26;1-2/h7-24H,5-6H2,1-4H3;1-2H3. The normalized spacial score (nSPS) is 12.2. The van der Waals surface area contributed by atoms with E-state index in [2.05, 4.69) is 84.9 Å². The third-order valence-electron chi connectivity index (χ3n) is 5.70. The molecule has 0 aromatic heterocycles. The molecule has 0 spiro atoms. The van der Waals surface area contributed by atoms with Crippen molar-refractivity contribution in [3.05, 3.63) is 97.1 Å². The van der Waals surface area contributed by atoms with Gasteiger partial charge in [-0.25, -0.2) is 0 Å². The van der Waals surface area contributed by atoms with Gasteiger partial charge < -0.3 is 0 Å². The summed E-state index contributed by atoms with van der Waals surface area (Å²) in [6, 6.07) is 33.9. The third kappa shape index (κ3) is 9.12. The monoisotopic (exact) mass is 642 g/mol. The summed E-state index contributed by atoms with van der Waals surface area (Å²) in [5, 5.41) is 0. The topological polar surface area (TPSA) is 36.9 Å². The number of ether oxygens (including phenoxy) is 4. The van der Waals surface area contributed by atoms with Crippen LogP contribution in [-0.2, 0) is 9.47 Å². The fourth-order valence-corrected chi connectivity index (χ4v) is 6.63. The van der Waals surface area contributed by atoms with Gasteiger partial charge in [0.15, 0.2) is 0 Å². The van der Waals surface area contributed by atoms with Crippen LogP contribution in [0.4, 0.5) is 0 Å². The van der Waals surface area contributed by atoms with Crippen molar-refractivity contribution < 1.29 is 18.9 Å². The van der Waals surface area contributed by atoms with E-state index in [9.17, 15) is 0 Å². The van der Waals surface area contributed by atoms with Crippen LogP contribution < -0.4 is 16.7 Å². The average Bonchev–Trinajstić information content (AvgIpc) is 2.97. The van der Waals surface area contributed by atoms with Crippen molar-refractivity contribution in [1.82, 2.24) is 0 Å². The van der Waals surface area contributed by atoms with Gasteiger partial charge in [0.1, 0.15) is 0 Å². The molecule has 206 valence electrons. The molecule has 4 rings (SSSR count). The number of hydrogen-bond acceptors (Lipinski definition) is 4. The van der Waals surface area contributed by atoms with Crippen molar-refractivity contribution in [2.24, 2.45) is 0 Å². The molecule has 4 aromatic rings. The van der Waals surface area contributed by atoms with Gasteiger partial charge in [-0.05, 0) is 0 Å². The predicted molar refractivity (Wildman–Crippen MR) is 164 cm³/mol. The summed E-state index contributed by atoms with van der Waals surface area (Å²) >= 11 is -0.667. The molecule has 0 N–H and O–H groups in total. The van der Waals surface area contributed by atoms with Crippen molar-refractivity contribution in [1.29, 1.82) is 0 Å². The van der Waals surface area contributed by atoms with E-state index in [0.717, 1.165) is 33.8 Å². The summed E-state index contributed by atoms with van der Waals surface area (Å²) in [6.07, 6.45) is -0.621. The molecule has 0 aliphatic heterocycles. The molecular formula is C34H40O4Te. The van der Waals surface area contributed by atoms with E-state index in [0.29, 0.717) is 13.2 Å². The fraction of sp³-hybridized carbons (Fsp3) is 0.294. The molecule has 0 saturated heterocycles. The maximum absolute atomic E-state index is 6.16. The minimum absolute atomic E-state index is 0.310. The van der Waals surface area contributed by atoms with Crippen molar-refractivity contribution in [3.8, 4) is 33.8 Å². The molecule has 0 aliphatic rings. The Hall–Kier alpha value is -2.81. The second-order valence-corrected chi connectivity index (χ2v) is 11.7. The van der Waals surface area contributed by atoms with Crippen LogP contribution in [0.25, 0.3) is 22.3 Å². The van der Waals surface area contributed by atoms with E-state index in [4.69, 9.17) is 18.9 Å². The van der Waals surface area contributed by atoms with E-state index >= 15 is 0 Å². The number of rotatable bonds is 12. The summed E-state index contributed by atoms with van der Waals surface area (Å²) in [5.74, 6) is 1.67. The molecule has 2 unspecified atom stereocenters. The predicted octanol–water partition coefficient (Wildman–Crippen LogP) is 7.22. The zero-order valence-corrected chi connectivity index (χ0v) is 26.2. The molecule has 0 saturated carbocycles. The molecule has 2 atom stereocenters. The van der Waals surface area contributed by atoms with Crippen LogP contribution in [0.2, 0.25) is 0 Å². The summed E-state index contributed by atoms with van der Waals surface area (Å²) in [5.41, 5.74) is 4.44. The Morgan fingerprint density at radius 1 is 0.564 bits per heavy atom. The molecule has 5 heteroatoms. The van der Waals surface area contributed by atoms with E-state index in [1.807, 2.05) is 53.7 Å². The van der Waals surface area contributed by atoms with E-state index in [1.54, 1.807) is 0 Å². The summed E-state index contributed by atoms with van der Waals surface area (Å²) < 4.78 is 26.3. The summed E-state index contributed by atoms with van der Waals surface area (Å²) in [7, 11) is 0. The zero-order valence-electron chi connectivity index (χ0n) is 23.8. The van der Waals surface area contributed by atoms with Crippen LogP contribution in [0, 0.1) is 0 Å². The SMILES string of the molecule is CC.CCOC(C)Oc1ccc([Te]c2ccc(OC(C)OCC)c(-c3ccccc3)c2)cc1-c1ccccc1. The Balaban J connectivity index is 0.00000205. The Morgan fingerprint density at radius 2 is 0.949 bits per heavy atom. The molecule has 0 radical (unpaired) electrons. The van der Waals surface area contributed by atoms with Crippen LogP contribution in [0.15, 0.2) is 97.1 Å². The van der Waals surface area contributed by atoms with Crippen LogP contribution in [0.3, 0.4) is 0 Å². The molecule has 0 fully saturated rings. The molecule has 0 bridgehead atoms. The second-order valence-electron chi connectivity index (χ2n) is 8.43. The van der Waals surface area contributed by atoms with Crippen molar-refractivity contribution in [3.63, 3.8) is 0 Å². The molecule has 0 aliphatic carbocycles. The Morgan fingerprint density at radius 3 is 1.31 bits per heavy atom. The Bertz CT molecular complexity index is 1160. The van der Waals surface area contributed by atoms with Gasteiger partial charge >= 0.3 is 231 Å². The van der Waals surface area contributed by atoms with Crippen LogP contribution in [0.1, 0.15) is 41.5 Å². The third-order valence-corrected chi connectivity index (χ3v) is 8.49. The first-order valence-corrected chi connectivity index (χ1v) is 16.0. The van der Waals surface area contributed by atoms with Crippen molar-refractivity contribution in [2.75, 3.05) is 13.2 Å². The van der Waals surface area contributed by atoms with Crippen LogP contribution in [0.5, 0.6) is 11.5 Å². The average molecular weight is 640 g/mol. The Labute approximate surface area is 244 Å². The molecule has 0 heterocycles. The molecular weight excluding hydrogens is 600 g/mol. The quantitative estimate of drug-likeness (QED) is 0.121. The molecule has 4 aromatic carbocycles. The summed E-state index contributed by atoms with van der Waals surface area (Å²) in [4.78, 5) is 0. The Kier molecular flexibility index (Phi) is 12.9. The van der Waals surface area contributed by atoms with Crippen molar-refractivity contribution in [2.45, 2.75) is 54.1 Å². The van der Waals surface area contributed by atoms with Gasteiger partial charge in [-0.15, -0.1) is 0 Å². The van der Waals surface area contributed by atoms with Crippen LogP contribution in [-0.4, -0.2) is 46.7 Å². The van der Waals surface area contributed by atoms with Crippen LogP contribution >= 0.6 is 0 Å². The maximum atomic E-state index is 6.16. The molecule has 0 amide bonds. The first kappa shape index (κ1) is 30.7. The second kappa shape index (κ2) is 16.3.